The van der Waals surface area contributed by atoms with E-state index in [1.165, 1.54) is 6.20 Å². The largest absolute Gasteiger partial charge is 0.465 e. The molecule has 0 saturated carbocycles. The van der Waals surface area contributed by atoms with Gasteiger partial charge in [-0.1, -0.05) is 0 Å². The minimum absolute atomic E-state index is 0.0858. The van der Waals surface area contributed by atoms with Crippen molar-refractivity contribution in [3.63, 3.8) is 0 Å². The van der Waals surface area contributed by atoms with Gasteiger partial charge in [-0.2, -0.15) is 0 Å². The maximum Gasteiger partial charge on any atom is 0.407 e. The summed E-state index contributed by atoms with van der Waals surface area (Å²) in [5.41, 5.74) is -0.139. The zero-order valence-electron chi connectivity index (χ0n) is 12.5. The fraction of sp³-hybridized carbons (Fsp3) is 0.357. The monoisotopic (exact) mass is 395 g/mol. The van der Waals surface area contributed by atoms with Crippen molar-refractivity contribution in [2.24, 2.45) is 0 Å². The van der Waals surface area contributed by atoms with Crippen LogP contribution in [0.5, 0.6) is 0 Å². The average Bonchev–Trinajstić information content (AvgIpc) is 2.92. The second kappa shape index (κ2) is 6.56. The molecule has 1 aliphatic rings. The number of hydrogen-bond acceptors (Lipinski definition) is 5. The summed E-state index contributed by atoms with van der Waals surface area (Å²) >= 11 is 3.23. The molecule has 2 aromatic rings. The lowest BCUT2D eigenvalue weighted by molar-refractivity contribution is -0.119. The second-order valence-electron chi connectivity index (χ2n) is 5.50. The fourth-order valence-electron chi connectivity index (χ4n) is 2.59. The molecule has 1 atom stereocenters. The minimum Gasteiger partial charge on any atom is -0.465 e. The third-order valence-corrected chi connectivity index (χ3v) is 4.15. The molecule has 1 fully saturated rings. The molecule has 0 bridgehead atoms. The van der Waals surface area contributed by atoms with Crippen molar-refractivity contribution >= 4 is 39.0 Å². The van der Waals surface area contributed by atoms with E-state index in [9.17, 15) is 19.5 Å². The lowest BCUT2D eigenvalue weighted by Crippen LogP contribution is -2.41. The lowest BCUT2D eigenvalue weighted by Gasteiger charge is -2.22. The predicted octanol–water partition coefficient (Wildman–Crippen LogP) is 0.839. The van der Waals surface area contributed by atoms with E-state index in [-0.39, 0.29) is 42.1 Å². The van der Waals surface area contributed by atoms with E-state index in [2.05, 4.69) is 36.2 Å². The van der Waals surface area contributed by atoms with Crippen LogP contribution in [-0.4, -0.2) is 49.5 Å². The molecule has 9 nitrogen and oxygen atoms in total. The highest BCUT2D eigenvalue weighted by Gasteiger charge is 2.25. The van der Waals surface area contributed by atoms with Crippen LogP contribution in [0.4, 0.5) is 4.79 Å². The van der Waals surface area contributed by atoms with Crippen molar-refractivity contribution in [1.82, 2.24) is 25.2 Å². The molecule has 10 heteroatoms. The topological polar surface area (TPSA) is 128 Å². The minimum atomic E-state index is -1.15. The summed E-state index contributed by atoms with van der Waals surface area (Å²) in [6.45, 7) is 0.0429. The molecular formula is C14H14BrN5O4. The molecule has 0 spiro atoms. The molecule has 0 aliphatic carbocycles. The van der Waals surface area contributed by atoms with Crippen LogP contribution in [0.3, 0.4) is 0 Å². The van der Waals surface area contributed by atoms with Crippen LogP contribution in [-0.2, 0) is 11.3 Å². The number of amides is 2. The number of fused-ring (bicyclic) bond motifs is 1. The summed E-state index contributed by atoms with van der Waals surface area (Å²) in [6, 6.07) is 1.37. The molecule has 0 radical (unpaired) electrons. The van der Waals surface area contributed by atoms with Crippen LogP contribution < -0.4 is 10.9 Å². The molecule has 3 rings (SSSR count). The lowest BCUT2D eigenvalue weighted by atomic mass is 10.2. The first-order chi connectivity index (χ1) is 11.4. The number of halogens is 1. The predicted molar refractivity (Wildman–Crippen MR) is 87.5 cm³/mol. The molecule has 1 saturated heterocycles. The number of aromatic nitrogens is 3. The molecule has 126 valence electrons. The normalized spacial score (nSPS) is 17.0. The van der Waals surface area contributed by atoms with Gasteiger partial charge in [0, 0.05) is 29.7 Å². The first-order valence-electron chi connectivity index (χ1n) is 7.24. The van der Waals surface area contributed by atoms with Gasteiger partial charge in [0.15, 0.2) is 5.65 Å². The van der Waals surface area contributed by atoms with Gasteiger partial charge in [0.05, 0.1) is 11.9 Å². The van der Waals surface area contributed by atoms with Gasteiger partial charge in [-0.05, 0) is 28.4 Å². The zero-order chi connectivity index (χ0) is 17.3. The third kappa shape index (κ3) is 3.53. The number of H-pyrrole nitrogens is 1. The number of carboxylic acid groups (broad SMARTS) is 1. The molecule has 1 aliphatic heterocycles. The summed E-state index contributed by atoms with van der Waals surface area (Å²) in [4.78, 5) is 46.7. The smallest absolute Gasteiger partial charge is 0.407 e. The van der Waals surface area contributed by atoms with Gasteiger partial charge >= 0.3 is 6.09 Å². The Bertz CT molecular complexity index is 868. The highest BCUT2D eigenvalue weighted by molar-refractivity contribution is 9.10. The second-order valence-corrected chi connectivity index (χ2v) is 6.42. The van der Waals surface area contributed by atoms with E-state index in [1.807, 2.05) is 0 Å². The Morgan fingerprint density at radius 2 is 2.25 bits per heavy atom. The highest BCUT2D eigenvalue weighted by Crippen LogP contribution is 2.14. The molecule has 3 heterocycles. The Labute approximate surface area is 144 Å². The van der Waals surface area contributed by atoms with E-state index < -0.39 is 6.09 Å². The van der Waals surface area contributed by atoms with Gasteiger partial charge in [-0.15, -0.1) is 0 Å². The van der Waals surface area contributed by atoms with Gasteiger partial charge in [0.1, 0.15) is 5.82 Å². The molecule has 2 amide bonds. The summed E-state index contributed by atoms with van der Waals surface area (Å²) in [7, 11) is 0. The Kier molecular flexibility index (Phi) is 4.47. The summed E-state index contributed by atoms with van der Waals surface area (Å²) in [5, 5.41) is 12.4. The van der Waals surface area contributed by atoms with Crippen LogP contribution in [0.25, 0.3) is 11.0 Å². The SMILES string of the molecule is O=C1CCC(CN(Cc2nc3ncc(Br)cc3c(=O)[nH]2)C(=O)O)N1. The number of nitrogens with zero attached hydrogens (tertiary/aromatic N) is 3. The van der Waals surface area contributed by atoms with E-state index in [1.54, 1.807) is 6.07 Å². The van der Waals surface area contributed by atoms with Crippen LogP contribution in [0, 0.1) is 0 Å². The molecule has 24 heavy (non-hydrogen) atoms. The van der Waals surface area contributed by atoms with Gasteiger partial charge in [0.2, 0.25) is 5.91 Å². The number of nitrogens with one attached hydrogen (secondary N) is 2. The maximum atomic E-state index is 12.1. The molecule has 0 aromatic carbocycles. The Hall–Kier alpha value is -2.49. The maximum absolute atomic E-state index is 12.1. The Morgan fingerprint density at radius 3 is 2.92 bits per heavy atom. The average molecular weight is 396 g/mol. The number of pyridine rings is 1. The first-order valence-corrected chi connectivity index (χ1v) is 8.03. The summed E-state index contributed by atoms with van der Waals surface area (Å²) < 4.78 is 0.652. The first kappa shape index (κ1) is 16.4. The van der Waals surface area contributed by atoms with Gasteiger partial charge in [-0.3, -0.25) is 14.5 Å². The Balaban J connectivity index is 1.83. The zero-order valence-corrected chi connectivity index (χ0v) is 14.0. The molecular weight excluding hydrogens is 382 g/mol. The van der Waals surface area contributed by atoms with Crippen LogP contribution in [0.2, 0.25) is 0 Å². The van der Waals surface area contributed by atoms with Crippen molar-refractivity contribution in [3.8, 4) is 0 Å². The van der Waals surface area contributed by atoms with Crippen LogP contribution in [0.1, 0.15) is 18.7 Å². The summed E-state index contributed by atoms with van der Waals surface area (Å²) in [5.74, 6) is 0.117. The number of rotatable bonds is 4. The van der Waals surface area contributed by atoms with Crippen molar-refractivity contribution in [2.75, 3.05) is 6.54 Å². The number of carbonyl (C=O) groups is 2. The van der Waals surface area contributed by atoms with Crippen molar-refractivity contribution in [3.05, 3.63) is 32.9 Å². The van der Waals surface area contributed by atoms with E-state index in [0.717, 1.165) is 4.90 Å². The highest BCUT2D eigenvalue weighted by atomic mass is 79.9. The number of carbonyl (C=O) groups excluding carboxylic acids is 1. The standard InChI is InChI=1S/C14H14BrN5O4/c15-7-3-9-12(16-4-7)18-10(19-13(9)22)6-20(14(23)24)5-8-1-2-11(21)17-8/h3-4,8H,1-2,5-6H2,(H,17,21)(H,23,24)(H,16,18,19,22). The quantitative estimate of drug-likeness (QED) is 0.703. The fourth-order valence-corrected chi connectivity index (χ4v) is 2.92. The van der Waals surface area contributed by atoms with Crippen LogP contribution in [0.15, 0.2) is 21.5 Å². The van der Waals surface area contributed by atoms with Crippen molar-refractivity contribution < 1.29 is 14.7 Å². The molecule has 1 unspecified atom stereocenters. The van der Waals surface area contributed by atoms with Crippen LogP contribution >= 0.6 is 15.9 Å². The molecule has 2 aromatic heterocycles. The van der Waals surface area contributed by atoms with Crippen molar-refractivity contribution in [2.45, 2.75) is 25.4 Å². The van der Waals surface area contributed by atoms with Crippen molar-refractivity contribution in [1.29, 1.82) is 0 Å². The van der Waals surface area contributed by atoms with Gasteiger partial charge in [0.25, 0.3) is 5.56 Å². The van der Waals surface area contributed by atoms with Gasteiger partial charge < -0.3 is 15.4 Å². The number of hydrogen-bond donors (Lipinski definition) is 3. The molecule has 3 N–H and O–H groups in total. The van der Waals surface area contributed by atoms with E-state index in [0.29, 0.717) is 22.7 Å². The Morgan fingerprint density at radius 1 is 1.46 bits per heavy atom. The van der Waals surface area contributed by atoms with E-state index >= 15 is 0 Å². The third-order valence-electron chi connectivity index (χ3n) is 3.71. The summed E-state index contributed by atoms with van der Waals surface area (Å²) in [6.07, 6.45) is 1.34. The number of aromatic amines is 1. The van der Waals surface area contributed by atoms with Gasteiger partial charge in [-0.25, -0.2) is 14.8 Å². The van der Waals surface area contributed by atoms with E-state index in [4.69, 9.17) is 0 Å².